The van der Waals surface area contributed by atoms with Crippen LogP contribution in [0.2, 0.25) is 0 Å². The lowest BCUT2D eigenvalue weighted by Gasteiger charge is -2.21. The Bertz CT molecular complexity index is 836. The molecule has 1 aliphatic heterocycles. The summed E-state index contributed by atoms with van der Waals surface area (Å²) in [6.07, 6.45) is 0.831. The fourth-order valence-corrected chi connectivity index (χ4v) is 4.00. The van der Waals surface area contributed by atoms with E-state index in [4.69, 9.17) is 4.74 Å². The number of hydrogen-bond donors (Lipinski definition) is 1. The van der Waals surface area contributed by atoms with Crippen LogP contribution in [0.4, 0.5) is 10.1 Å². The summed E-state index contributed by atoms with van der Waals surface area (Å²) in [6.45, 7) is 3.56. The van der Waals surface area contributed by atoms with Crippen LogP contribution in [-0.2, 0) is 9.59 Å². The Labute approximate surface area is 186 Å². The molecule has 0 unspecified atom stereocenters. The van der Waals surface area contributed by atoms with Gasteiger partial charge in [-0.25, -0.2) is 4.39 Å². The number of nitrogens with zero attached hydrogens (tertiary/aromatic N) is 2. The summed E-state index contributed by atoms with van der Waals surface area (Å²) in [6, 6.07) is 15.4. The molecule has 166 valence electrons. The average Bonchev–Trinajstić information content (AvgIpc) is 3.01. The average molecular weight is 446 g/mol. The molecule has 0 saturated carbocycles. The first-order valence-corrected chi connectivity index (χ1v) is 11.6. The van der Waals surface area contributed by atoms with Crippen molar-refractivity contribution < 1.29 is 18.7 Å². The highest BCUT2D eigenvalue weighted by atomic mass is 32.2. The van der Waals surface area contributed by atoms with E-state index in [1.807, 2.05) is 40.1 Å². The number of amides is 2. The summed E-state index contributed by atoms with van der Waals surface area (Å²) >= 11 is 1.57. The fraction of sp³-hybridized carbons (Fsp3) is 0.391. The minimum atomic E-state index is -0.336. The molecular weight excluding hydrogens is 417 g/mol. The Morgan fingerprint density at radius 2 is 1.77 bits per heavy atom. The van der Waals surface area contributed by atoms with Gasteiger partial charge in [0, 0.05) is 37.6 Å². The first-order valence-electron chi connectivity index (χ1n) is 10.4. The predicted octanol–water partition coefficient (Wildman–Crippen LogP) is 3.11. The molecule has 6 nitrogen and oxygen atoms in total. The summed E-state index contributed by atoms with van der Waals surface area (Å²) in [5.74, 6) is 1.68. The SMILES string of the molecule is O=C(CN1CCCN(C(=O)CSCCOc2ccccc2)CC1)Nc1ccc(F)cc1. The molecule has 1 aliphatic rings. The van der Waals surface area contributed by atoms with Gasteiger partial charge in [0.05, 0.1) is 18.9 Å². The first kappa shape index (κ1) is 23.1. The number of nitrogens with one attached hydrogen (secondary N) is 1. The summed E-state index contributed by atoms with van der Waals surface area (Å²) < 4.78 is 18.6. The van der Waals surface area contributed by atoms with Crippen LogP contribution in [0.5, 0.6) is 5.75 Å². The smallest absolute Gasteiger partial charge is 0.238 e. The molecule has 2 aromatic rings. The van der Waals surface area contributed by atoms with Crippen LogP contribution in [0.3, 0.4) is 0 Å². The van der Waals surface area contributed by atoms with Gasteiger partial charge in [0.25, 0.3) is 0 Å². The number of anilines is 1. The Morgan fingerprint density at radius 1 is 1.00 bits per heavy atom. The fourth-order valence-electron chi connectivity index (χ4n) is 3.30. The van der Waals surface area contributed by atoms with Crippen molar-refractivity contribution in [2.75, 3.05) is 56.2 Å². The molecule has 1 heterocycles. The number of hydrogen-bond acceptors (Lipinski definition) is 5. The molecule has 0 spiro atoms. The molecule has 8 heteroatoms. The molecule has 31 heavy (non-hydrogen) atoms. The molecule has 2 amide bonds. The van der Waals surface area contributed by atoms with E-state index in [9.17, 15) is 14.0 Å². The lowest BCUT2D eigenvalue weighted by molar-refractivity contribution is -0.128. The molecule has 3 rings (SSSR count). The number of rotatable bonds is 9. The number of ether oxygens (including phenoxy) is 1. The zero-order valence-electron chi connectivity index (χ0n) is 17.5. The van der Waals surface area contributed by atoms with Crippen LogP contribution in [0, 0.1) is 5.82 Å². The standard InChI is InChI=1S/C23H28FN3O3S/c24-19-7-9-20(10-8-19)25-22(28)17-26-11-4-12-27(14-13-26)23(29)18-31-16-15-30-21-5-2-1-3-6-21/h1-3,5-10H,4,11-18H2,(H,25,28). The maximum absolute atomic E-state index is 13.0. The van der Waals surface area contributed by atoms with Gasteiger partial charge in [0.15, 0.2) is 0 Å². The molecule has 1 N–H and O–H groups in total. The third-order valence-corrected chi connectivity index (χ3v) is 5.81. The Morgan fingerprint density at radius 3 is 2.55 bits per heavy atom. The number of para-hydroxylation sites is 1. The van der Waals surface area contributed by atoms with E-state index in [2.05, 4.69) is 5.32 Å². The zero-order chi connectivity index (χ0) is 21.9. The van der Waals surface area contributed by atoms with Gasteiger partial charge in [0.2, 0.25) is 11.8 Å². The second-order valence-corrected chi connectivity index (χ2v) is 8.38. The van der Waals surface area contributed by atoms with Crippen molar-refractivity contribution in [3.63, 3.8) is 0 Å². The molecule has 0 atom stereocenters. The van der Waals surface area contributed by atoms with Crippen LogP contribution in [0.25, 0.3) is 0 Å². The predicted molar refractivity (Wildman–Crippen MR) is 122 cm³/mol. The van der Waals surface area contributed by atoms with Gasteiger partial charge in [0.1, 0.15) is 11.6 Å². The molecule has 0 bridgehead atoms. The van der Waals surface area contributed by atoms with Crippen molar-refractivity contribution in [2.45, 2.75) is 6.42 Å². The van der Waals surface area contributed by atoms with Gasteiger partial charge in [-0.05, 0) is 42.8 Å². The first-order chi connectivity index (χ1) is 15.1. The molecule has 2 aromatic carbocycles. The van der Waals surface area contributed by atoms with Gasteiger partial charge >= 0.3 is 0 Å². The minimum absolute atomic E-state index is 0.127. The van der Waals surface area contributed by atoms with Crippen molar-refractivity contribution in [2.24, 2.45) is 0 Å². The van der Waals surface area contributed by atoms with E-state index in [1.165, 1.54) is 12.1 Å². The maximum atomic E-state index is 13.0. The van der Waals surface area contributed by atoms with Gasteiger partial charge in [-0.15, -0.1) is 11.8 Å². The zero-order valence-corrected chi connectivity index (χ0v) is 18.3. The highest BCUT2D eigenvalue weighted by Crippen LogP contribution is 2.12. The number of carbonyl (C=O) groups is 2. The molecule has 1 saturated heterocycles. The molecular formula is C23H28FN3O3S. The number of thioether (sulfide) groups is 1. The number of benzene rings is 2. The highest BCUT2D eigenvalue weighted by molar-refractivity contribution is 7.99. The van der Waals surface area contributed by atoms with Crippen molar-refractivity contribution in [1.29, 1.82) is 0 Å². The summed E-state index contributed by atoms with van der Waals surface area (Å²) in [5.41, 5.74) is 0.575. The van der Waals surface area contributed by atoms with E-state index >= 15 is 0 Å². The van der Waals surface area contributed by atoms with Gasteiger partial charge in [-0.3, -0.25) is 14.5 Å². The van der Waals surface area contributed by atoms with Crippen LogP contribution in [0.15, 0.2) is 54.6 Å². The summed E-state index contributed by atoms with van der Waals surface area (Å²) in [4.78, 5) is 28.7. The van der Waals surface area contributed by atoms with Crippen molar-refractivity contribution in [1.82, 2.24) is 9.80 Å². The quantitative estimate of drug-likeness (QED) is 0.601. The normalized spacial score (nSPS) is 14.7. The Balaban J connectivity index is 1.32. The molecule has 1 fully saturated rings. The number of carbonyl (C=O) groups excluding carboxylic acids is 2. The second-order valence-electron chi connectivity index (χ2n) is 7.28. The Kier molecular flexibility index (Phi) is 9.17. The van der Waals surface area contributed by atoms with E-state index < -0.39 is 0 Å². The van der Waals surface area contributed by atoms with E-state index in [0.717, 1.165) is 24.5 Å². The maximum Gasteiger partial charge on any atom is 0.238 e. The molecule has 0 aliphatic carbocycles. The van der Waals surface area contributed by atoms with Gasteiger partial charge < -0.3 is 15.0 Å². The lowest BCUT2D eigenvalue weighted by atomic mass is 10.3. The topological polar surface area (TPSA) is 61.9 Å². The molecule has 0 radical (unpaired) electrons. The third-order valence-electron chi connectivity index (χ3n) is 4.90. The van der Waals surface area contributed by atoms with Gasteiger partial charge in [-0.2, -0.15) is 0 Å². The third kappa shape index (κ3) is 8.22. The van der Waals surface area contributed by atoms with Crippen molar-refractivity contribution in [3.05, 3.63) is 60.4 Å². The lowest BCUT2D eigenvalue weighted by Crippen LogP contribution is -2.38. The highest BCUT2D eigenvalue weighted by Gasteiger charge is 2.20. The van der Waals surface area contributed by atoms with Crippen LogP contribution in [0.1, 0.15) is 6.42 Å². The van der Waals surface area contributed by atoms with Crippen molar-refractivity contribution >= 4 is 29.3 Å². The monoisotopic (exact) mass is 445 g/mol. The van der Waals surface area contributed by atoms with Crippen molar-refractivity contribution in [3.8, 4) is 5.75 Å². The largest absolute Gasteiger partial charge is 0.493 e. The number of halogens is 1. The second kappa shape index (κ2) is 12.3. The van der Waals surface area contributed by atoms with E-state index in [1.54, 1.807) is 23.9 Å². The summed E-state index contributed by atoms with van der Waals surface area (Å²) in [7, 11) is 0. The van der Waals surface area contributed by atoms with E-state index in [0.29, 0.717) is 37.7 Å². The van der Waals surface area contributed by atoms with Gasteiger partial charge in [-0.1, -0.05) is 18.2 Å². The van der Waals surface area contributed by atoms with Crippen LogP contribution < -0.4 is 10.1 Å². The van der Waals surface area contributed by atoms with E-state index in [-0.39, 0.29) is 24.2 Å². The minimum Gasteiger partial charge on any atom is -0.493 e. The molecule has 0 aromatic heterocycles. The summed E-state index contributed by atoms with van der Waals surface area (Å²) in [5, 5.41) is 2.78. The van der Waals surface area contributed by atoms with Crippen LogP contribution in [-0.4, -0.2) is 72.5 Å². The Hall–Kier alpha value is -2.58. The van der Waals surface area contributed by atoms with Crippen LogP contribution >= 0.6 is 11.8 Å².